The summed E-state index contributed by atoms with van der Waals surface area (Å²) in [5.74, 6) is -0.238. The molecule has 0 rings (SSSR count). The van der Waals surface area contributed by atoms with E-state index in [0.29, 0.717) is 5.92 Å². The van der Waals surface area contributed by atoms with Gasteiger partial charge in [-0.25, -0.2) is 0 Å². The summed E-state index contributed by atoms with van der Waals surface area (Å²) in [5, 5.41) is 9.27. The van der Waals surface area contributed by atoms with Gasteiger partial charge in [0.05, 0.1) is 5.92 Å². The van der Waals surface area contributed by atoms with Gasteiger partial charge in [-0.2, -0.15) is 0 Å². The van der Waals surface area contributed by atoms with Crippen LogP contribution in [0.5, 0.6) is 0 Å². The summed E-state index contributed by atoms with van der Waals surface area (Å²) in [6.45, 7) is 6.52. The van der Waals surface area contributed by atoms with Crippen molar-refractivity contribution >= 4 is 5.97 Å². The first kappa shape index (κ1) is 27.5. The van der Waals surface area contributed by atoms with Gasteiger partial charge in [-0.05, 0) is 18.8 Å². The van der Waals surface area contributed by atoms with E-state index >= 15 is 0 Å². The molecule has 28 heavy (non-hydrogen) atoms. The Bertz CT molecular complexity index is 324. The van der Waals surface area contributed by atoms with Crippen molar-refractivity contribution in [3.05, 3.63) is 0 Å². The summed E-state index contributed by atoms with van der Waals surface area (Å²) in [7, 11) is 0. The van der Waals surface area contributed by atoms with Crippen LogP contribution in [0.15, 0.2) is 0 Å². The second kappa shape index (κ2) is 21.2. The minimum absolute atomic E-state index is 0.124. The summed E-state index contributed by atoms with van der Waals surface area (Å²) in [6.07, 6.45) is 26.5. The molecule has 0 aromatic carbocycles. The Balaban J connectivity index is 3.22. The summed E-state index contributed by atoms with van der Waals surface area (Å²) in [5.41, 5.74) is 0. The average Bonchev–Trinajstić information content (AvgIpc) is 2.65. The van der Waals surface area contributed by atoms with Crippen molar-refractivity contribution in [1.29, 1.82) is 0 Å². The zero-order valence-corrected chi connectivity index (χ0v) is 19.7. The second-order valence-corrected chi connectivity index (χ2v) is 9.46. The standard InChI is InChI=1S/C26H52O2/c1-4-5-6-7-8-9-10-11-12-13-14-15-16-17-18-19-20-21-22-25(26(27)28)23-24(2)3/h24-25H,4-23H2,1-3H3,(H,27,28). The number of carbonyl (C=O) groups is 1. The van der Waals surface area contributed by atoms with Crippen LogP contribution in [-0.4, -0.2) is 11.1 Å². The topological polar surface area (TPSA) is 37.3 Å². The Morgan fingerprint density at radius 1 is 0.607 bits per heavy atom. The monoisotopic (exact) mass is 396 g/mol. The van der Waals surface area contributed by atoms with Crippen LogP contribution in [0, 0.1) is 11.8 Å². The zero-order chi connectivity index (χ0) is 20.9. The molecule has 0 heterocycles. The highest BCUT2D eigenvalue weighted by molar-refractivity contribution is 5.69. The van der Waals surface area contributed by atoms with Crippen LogP contribution >= 0.6 is 0 Å². The fraction of sp³-hybridized carbons (Fsp3) is 0.962. The fourth-order valence-electron chi connectivity index (χ4n) is 4.20. The second-order valence-electron chi connectivity index (χ2n) is 9.46. The summed E-state index contributed by atoms with van der Waals surface area (Å²) < 4.78 is 0. The SMILES string of the molecule is CCCCCCCCCCCCCCCCCCCCC(CC(C)C)C(=O)O. The lowest BCUT2D eigenvalue weighted by molar-refractivity contribution is -0.142. The number of rotatable bonds is 22. The Kier molecular flexibility index (Phi) is 20.8. The molecule has 0 aromatic heterocycles. The molecule has 0 aromatic rings. The molecular weight excluding hydrogens is 344 g/mol. The first-order valence-electron chi connectivity index (χ1n) is 12.8. The Morgan fingerprint density at radius 3 is 1.21 bits per heavy atom. The molecule has 1 unspecified atom stereocenters. The van der Waals surface area contributed by atoms with Gasteiger partial charge in [0, 0.05) is 0 Å². The molecule has 0 amide bonds. The smallest absolute Gasteiger partial charge is 0.306 e. The minimum Gasteiger partial charge on any atom is -0.481 e. The third kappa shape index (κ3) is 20.2. The van der Waals surface area contributed by atoms with E-state index < -0.39 is 5.97 Å². The lowest BCUT2D eigenvalue weighted by Gasteiger charge is -2.14. The van der Waals surface area contributed by atoms with Gasteiger partial charge in [-0.15, -0.1) is 0 Å². The lowest BCUT2D eigenvalue weighted by atomic mass is 9.92. The van der Waals surface area contributed by atoms with E-state index in [2.05, 4.69) is 20.8 Å². The van der Waals surface area contributed by atoms with Crippen LogP contribution in [-0.2, 0) is 4.79 Å². The van der Waals surface area contributed by atoms with Crippen LogP contribution in [0.2, 0.25) is 0 Å². The number of hydrogen-bond donors (Lipinski definition) is 1. The van der Waals surface area contributed by atoms with Crippen molar-refractivity contribution < 1.29 is 9.90 Å². The van der Waals surface area contributed by atoms with Crippen LogP contribution in [0.25, 0.3) is 0 Å². The van der Waals surface area contributed by atoms with Crippen molar-refractivity contribution in [2.24, 2.45) is 11.8 Å². The lowest BCUT2D eigenvalue weighted by Crippen LogP contribution is -2.15. The van der Waals surface area contributed by atoms with Crippen LogP contribution < -0.4 is 0 Å². The van der Waals surface area contributed by atoms with E-state index in [-0.39, 0.29) is 5.92 Å². The van der Waals surface area contributed by atoms with Gasteiger partial charge in [0.15, 0.2) is 0 Å². The van der Waals surface area contributed by atoms with E-state index in [1.807, 2.05) is 0 Å². The van der Waals surface area contributed by atoms with E-state index in [1.54, 1.807) is 0 Å². The van der Waals surface area contributed by atoms with Crippen molar-refractivity contribution in [3.63, 3.8) is 0 Å². The van der Waals surface area contributed by atoms with Crippen molar-refractivity contribution in [3.8, 4) is 0 Å². The van der Waals surface area contributed by atoms with Gasteiger partial charge in [-0.1, -0.05) is 136 Å². The predicted molar refractivity (Wildman–Crippen MR) is 124 cm³/mol. The maximum absolute atomic E-state index is 11.2. The molecule has 0 fully saturated rings. The maximum atomic E-state index is 11.2. The van der Waals surface area contributed by atoms with Gasteiger partial charge in [0.25, 0.3) is 0 Å². The summed E-state index contributed by atoms with van der Waals surface area (Å²) in [4.78, 5) is 11.2. The molecule has 0 bridgehead atoms. The van der Waals surface area contributed by atoms with Gasteiger partial charge >= 0.3 is 5.97 Å². The first-order valence-corrected chi connectivity index (χ1v) is 12.8. The maximum Gasteiger partial charge on any atom is 0.306 e. The zero-order valence-electron chi connectivity index (χ0n) is 19.7. The molecule has 0 aliphatic heterocycles. The van der Waals surface area contributed by atoms with Crippen LogP contribution in [0.3, 0.4) is 0 Å². The molecular formula is C26H52O2. The number of aliphatic carboxylic acids is 1. The normalized spacial score (nSPS) is 12.6. The quantitative estimate of drug-likeness (QED) is 0.185. The Morgan fingerprint density at radius 2 is 0.929 bits per heavy atom. The third-order valence-corrected chi connectivity index (χ3v) is 6.01. The van der Waals surface area contributed by atoms with Gasteiger partial charge in [0.1, 0.15) is 0 Å². The minimum atomic E-state index is -0.597. The molecule has 168 valence electrons. The summed E-state index contributed by atoms with van der Waals surface area (Å²) >= 11 is 0. The molecule has 0 aliphatic rings. The summed E-state index contributed by atoms with van der Waals surface area (Å²) in [6, 6.07) is 0. The van der Waals surface area contributed by atoms with Crippen LogP contribution in [0.4, 0.5) is 0 Å². The molecule has 2 heteroatoms. The third-order valence-electron chi connectivity index (χ3n) is 6.01. The van der Waals surface area contributed by atoms with Crippen molar-refractivity contribution in [1.82, 2.24) is 0 Å². The molecule has 0 saturated carbocycles. The number of unbranched alkanes of at least 4 members (excludes halogenated alkanes) is 17. The number of carboxylic acids is 1. The highest BCUT2D eigenvalue weighted by atomic mass is 16.4. The van der Waals surface area contributed by atoms with E-state index in [1.165, 1.54) is 109 Å². The van der Waals surface area contributed by atoms with Gasteiger partial charge < -0.3 is 5.11 Å². The Labute approximate surface area is 177 Å². The molecule has 0 saturated heterocycles. The van der Waals surface area contributed by atoms with Gasteiger partial charge in [-0.3, -0.25) is 4.79 Å². The average molecular weight is 397 g/mol. The molecule has 0 aliphatic carbocycles. The predicted octanol–water partition coefficient (Wildman–Crippen LogP) is 9.17. The largest absolute Gasteiger partial charge is 0.481 e. The number of carboxylic acid groups (broad SMARTS) is 1. The van der Waals surface area contributed by atoms with Gasteiger partial charge in [0.2, 0.25) is 0 Å². The Hall–Kier alpha value is -0.530. The molecule has 0 radical (unpaired) electrons. The van der Waals surface area contributed by atoms with Crippen LogP contribution in [0.1, 0.15) is 149 Å². The van der Waals surface area contributed by atoms with Crippen molar-refractivity contribution in [2.75, 3.05) is 0 Å². The van der Waals surface area contributed by atoms with E-state index in [0.717, 1.165) is 19.3 Å². The van der Waals surface area contributed by atoms with Crippen molar-refractivity contribution in [2.45, 2.75) is 149 Å². The van der Waals surface area contributed by atoms with E-state index in [4.69, 9.17) is 0 Å². The number of hydrogen-bond acceptors (Lipinski definition) is 1. The first-order chi connectivity index (χ1) is 13.6. The molecule has 1 atom stereocenters. The molecule has 2 nitrogen and oxygen atoms in total. The molecule has 0 spiro atoms. The highest BCUT2D eigenvalue weighted by Gasteiger charge is 2.17. The fourth-order valence-corrected chi connectivity index (χ4v) is 4.20. The van der Waals surface area contributed by atoms with E-state index in [9.17, 15) is 9.90 Å². The highest BCUT2D eigenvalue weighted by Crippen LogP contribution is 2.20. The molecule has 1 N–H and O–H groups in total.